The van der Waals surface area contributed by atoms with Crippen molar-refractivity contribution < 1.29 is 14.3 Å². The third kappa shape index (κ3) is 4.63. The molecule has 9 heteroatoms. The molecule has 0 aliphatic carbocycles. The van der Waals surface area contributed by atoms with Crippen molar-refractivity contribution in [3.63, 3.8) is 0 Å². The number of hydrogen-bond donors (Lipinski definition) is 1. The number of ether oxygens (including phenoxy) is 2. The van der Waals surface area contributed by atoms with Crippen molar-refractivity contribution in [2.24, 2.45) is 0 Å². The van der Waals surface area contributed by atoms with E-state index in [1.54, 1.807) is 38.8 Å². The van der Waals surface area contributed by atoms with Gasteiger partial charge in [-0.25, -0.2) is 4.68 Å². The van der Waals surface area contributed by atoms with Crippen LogP contribution in [0.25, 0.3) is 0 Å². The van der Waals surface area contributed by atoms with Crippen molar-refractivity contribution in [1.29, 1.82) is 0 Å². The number of likely N-dealkylation sites (tertiary alicyclic amines) is 1. The molecule has 1 aromatic heterocycles. The molecule has 0 saturated carbocycles. The summed E-state index contributed by atoms with van der Waals surface area (Å²) in [7, 11) is 3.29. The lowest BCUT2D eigenvalue weighted by molar-refractivity contribution is -0.130. The first-order chi connectivity index (χ1) is 16.0. The van der Waals surface area contributed by atoms with Gasteiger partial charge in [-0.05, 0) is 50.0 Å². The number of amides is 1. The first-order valence-electron chi connectivity index (χ1n) is 10.9. The number of benzene rings is 1. The van der Waals surface area contributed by atoms with Gasteiger partial charge in [-0.3, -0.25) is 4.79 Å². The van der Waals surface area contributed by atoms with Crippen LogP contribution in [0.1, 0.15) is 37.8 Å². The summed E-state index contributed by atoms with van der Waals surface area (Å²) in [6.45, 7) is 2.51. The maximum atomic E-state index is 14.2. The SMILES string of the molecule is CO/C=C/C1CC[C@@H](CCOC)N1C(=O)C1=C(C)Nc2ccnn2C1c1ccc(Cl)c(Cl)c1. The fourth-order valence-electron chi connectivity index (χ4n) is 4.74. The molecular formula is C24H28Cl2N4O3. The Morgan fingerprint density at radius 3 is 2.79 bits per heavy atom. The molecule has 0 radical (unpaired) electrons. The second kappa shape index (κ2) is 10.2. The average molecular weight is 491 g/mol. The van der Waals surface area contributed by atoms with Crippen molar-refractivity contribution >= 4 is 34.9 Å². The van der Waals surface area contributed by atoms with Gasteiger partial charge in [0.25, 0.3) is 5.91 Å². The predicted molar refractivity (Wildman–Crippen MR) is 129 cm³/mol. The molecule has 1 amide bonds. The average Bonchev–Trinajstić information content (AvgIpc) is 3.43. The minimum Gasteiger partial charge on any atom is -0.505 e. The summed E-state index contributed by atoms with van der Waals surface area (Å²) < 4.78 is 12.3. The zero-order valence-corrected chi connectivity index (χ0v) is 20.4. The molecule has 0 bridgehead atoms. The van der Waals surface area contributed by atoms with E-state index in [1.807, 2.05) is 34.7 Å². The smallest absolute Gasteiger partial charge is 0.254 e. The number of hydrogen-bond acceptors (Lipinski definition) is 5. The van der Waals surface area contributed by atoms with Crippen LogP contribution >= 0.6 is 23.2 Å². The maximum Gasteiger partial charge on any atom is 0.254 e. The minimum atomic E-state index is -0.436. The highest BCUT2D eigenvalue weighted by molar-refractivity contribution is 6.42. The van der Waals surface area contributed by atoms with Crippen molar-refractivity contribution in [1.82, 2.24) is 14.7 Å². The predicted octanol–water partition coefficient (Wildman–Crippen LogP) is 5.04. The van der Waals surface area contributed by atoms with Gasteiger partial charge in [0, 0.05) is 31.5 Å². The van der Waals surface area contributed by atoms with Crippen LogP contribution < -0.4 is 5.32 Å². The third-order valence-corrected chi connectivity index (χ3v) is 7.01. The third-order valence-electron chi connectivity index (χ3n) is 6.27. The van der Waals surface area contributed by atoms with E-state index < -0.39 is 6.04 Å². The molecule has 4 rings (SSSR count). The Balaban J connectivity index is 1.78. The van der Waals surface area contributed by atoms with Crippen LogP contribution in [-0.4, -0.2) is 53.5 Å². The van der Waals surface area contributed by atoms with Crippen LogP contribution in [-0.2, 0) is 14.3 Å². The van der Waals surface area contributed by atoms with E-state index in [4.69, 9.17) is 32.7 Å². The first-order valence-corrected chi connectivity index (χ1v) is 11.7. The van der Waals surface area contributed by atoms with Crippen molar-refractivity contribution in [2.75, 3.05) is 26.1 Å². The molecule has 1 saturated heterocycles. The monoisotopic (exact) mass is 490 g/mol. The Bertz CT molecular complexity index is 1080. The van der Waals surface area contributed by atoms with Crippen LogP contribution in [0.3, 0.4) is 0 Å². The maximum absolute atomic E-state index is 14.2. The highest BCUT2D eigenvalue weighted by Gasteiger charge is 2.41. The van der Waals surface area contributed by atoms with E-state index in [9.17, 15) is 4.79 Å². The van der Waals surface area contributed by atoms with Crippen LogP contribution in [0.4, 0.5) is 5.82 Å². The number of aromatic nitrogens is 2. The number of nitrogens with zero attached hydrogens (tertiary/aromatic N) is 3. The largest absolute Gasteiger partial charge is 0.505 e. The standard InChI is InChI=1S/C24H28Cl2N4O3/c1-15-22(24(31)29-17(9-12-32-2)5-6-18(29)10-13-33-3)23(30-21(28-15)8-11-27-30)16-4-7-19(25)20(26)14-16/h4,7-9,11-12,14,17-18,23,28H,5-6,10,13H2,1-3H3/b12-9+/t17?,18-,23?/m0/s1. The summed E-state index contributed by atoms with van der Waals surface area (Å²) in [6, 6.07) is 6.91. The second-order valence-corrected chi connectivity index (χ2v) is 9.07. The van der Waals surface area contributed by atoms with Crippen molar-refractivity contribution in [3.8, 4) is 0 Å². The van der Waals surface area contributed by atoms with Crippen LogP contribution in [0.2, 0.25) is 10.0 Å². The van der Waals surface area contributed by atoms with Crippen LogP contribution in [0, 0.1) is 0 Å². The van der Waals surface area contributed by atoms with Gasteiger partial charge >= 0.3 is 0 Å². The van der Waals surface area contributed by atoms with E-state index in [0.717, 1.165) is 36.3 Å². The van der Waals surface area contributed by atoms with Crippen molar-refractivity contribution in [2.45, 2.75) is 44.3 Å². The molecule has 3 heterocycles. The van der Waals surface area contributed by atoms with Gasteiger partial charge in [-0.15, -0.1) is 0 Å². The summed E-state index contributed by atoms with van der Waals surface area (Å²) in [5.41, 5.74) is 2.26. The molecule has 3 atom stereocenters. The van der Waals surface area contributed by atoms with Crippen LogP contribution in [0.15, 0.2) is 54.1 Å². The number of fused-ring (bicyclic) bond motifs is 1. The van der Waals surface area contributed by atoms with Gasteiger partial charge < -0.3 is 19.7 Å². The number of allylic oxidation sites excluding steroid dienone is 1. The van der Waals surface area contributed by atoms with Gasteiger partial charge in [0.1, 0.15) is 11.9 Å². The van der Waals surface area contributed by atoms with Gasteiger partial charge in [-0.2, -0.15) is 5.10 Å². The van der Waals surface area contributed by atoms with Gasteiger partial charge in [0.2, 0.25) is 0 Å². The molecule has 1 aromatic carbocycles. The fraction of sp³-hybridized carbons (Fsp3) is 0.417. The molecule has 2 aliphatic rings. The summed E-state index contributed by atoms with van der Waals surface area (Å²) in [5.74, 6) is 0.773. The summed E-state index contributed by atoms with van der Waals surface area (Å²) in [5, 5.41) is 8.76. The Labute approximate surface area is 203 Å². The number of carbonyl (C=O) groups is 1. The highest BCUT2D eigenvalue weighted by atomic mass is 35.5. The van der Waals surface area contributed by atoms with E-state index >= 15 is 0 Å². The molecule has 1 fully saturated rings. The quantitative estimate of drug-likeness (QED) is 0.550. The Kier molecular flexibility index (Phi) is 7.32. The Morgan fingerprint density at radius 2 is 2.06 bits per heavy atom. The molecule has 33 heavy (non-hydrogen) atoms. The lowest BCUT2D eigenvalue weighted by atomic mass is 9.93. The molecule has 176 valence electrons. The molecule has 2 unspecified atom stereocenters. The highest BCUT2D eigenvalue weighted by Crippen LogP contribution is 2.40. The van der Waals surface area contributed by atoms with E-state index in [-0.39, 0.29) is 18.0 Å². The minimum absolute atomic E-state index is 0.0402. The van der Waals surface area contributed by atoms with Gasteiger partial charge in [-0.1, -0.05) is 29.3 Å². The Morgan fingerprint density at radius 1 is 1.24 bits per heavy atom. The van der Waals surface area contributed by atoms with Crippen LogP contribution in [0.5, 0.6) is 0 Å². The molecule has 7 nitrogen and oxygen atoms in total. The van der Waals surface area contributed by atoms with Gasteiger partial charge in [0.15, 0.2) is 0 Å². The topological polar surface area (TPSA) is 68.6 Å². The van der Waals surface area contributed by atoms with E-state index in [2.05, 4.69) is 10.4 Å². The van der Waals surface area contributed by atoms with Gasteiger partial charge in [0.05, 0.1) is 41.2 Å². The molecule has 1 N–H and O–H groups in total. The lowest BCUT2D eigenvalue weighted by Gasteiger charge is -2.35. The summed E-state index contributed by atoms with van der Waals surface area (Å²) in [4.78, 5) is 16.2. The molecule has 0 spiro atoms. The first kappa shape index (κ1) is 23.7. The van der Waals surface area contributed by atoms with Crippen molar-refractivity contribution in [3.05, 3.63) is 69.7 Å². The zero-order valence-electron chi connectivity index (χ0n) is 18.9. The number of methoxy groups -OCH3 is 2. The van der Waals surface area contributed by atoms with E-state index in [1.165, 1.54) is 0 Å². The zero-order chi connectivity index (χ0) is 23.5. The fourth-order valence-corrected chi connectivity index (χ4v) is 5.04. The molecule has 2 aliphatic heterocycles. The normalized spacial score (nSPS) is 22.6. The summed E-state index contributed by atoms with van der Waals surface area (Å²) >= 11 is 12.5. The number of halogens is 2. The number of nitrogens with one attached hydrogen (secondary N) is 1. The molecular weight excluding hydrogens is 463 g/mol. The lowest BCUT2D eigenvalue weighted by Crippen LogP contribution is -2.44. The second-order valence-electron chi connectivity index (χ2n) is 8.26. The number of rotatable bonds is 7. The number of carbonyl (C=O) groups excluding carboxylic acids is 1. The summed E-state index contributed by atoms with van der Waals surface area (Å²) in [6.07, 6.45) is 7.84. The molecule has 2 aromatic rings. The Hall–Kier alpha value is -2.48. The van der Waals surface area contributed by atoms with E-state index in [0.29, 0.717) is 22.2 Å². The number of anilines is 1.